The van der Waals surface area contributed by atoms with Gasteiger partial charge in [-0.15, -0.1) is 0 Å². The summed E-state index contributed by atoms with van der Waals surface area (Å²) >= 11 is 0. The SMILES string of the molecule is Cc1cc(-c2ccc3c(CCN4CCOCC4)nn(C)c3c2)nc(N2CCOCC2)n1. The Kier molecular flexibility index (Phi) is 5.85. The third-order valence-corrected chi connectivity index (χ3v) is 6.13. The lowest BCUT2D eigenvalue weighted by Gasteiger charge is -2.27. The van der Waals surface area contributed by atoms with Gasteiger partial charge in [0, 0.05) is 62.8 Å². The van der Waals surface area contributed by atoms with Gasteiger partial charge in [-0.3, -0.25) is 9.58 Å². The standard InChI is InChI=1S/C23H30N6O2/c1-17-15-21(25-23(24-17)29-9-13-31-14-10-29)18-3-4-19-20(26-27(2)22(19)16-18)5-6-28-7-11-30-12-8-28/h3-4,15-16H,5-14H2,1-2H3. The van der Waals surface area contributed by atoms with Gasteiger partial charge in [0.1, 0.15) is 0 Å². The van der Waals surface area contributed by atoms with Crippen LogP contribution in [0.2, 0.25) is 0 Å². The van der Waals surface area contributed by atoms with Gasteiger partial charge < -0.3 is 14.4 Å². The number of hydrogen-bond donors (Lipinski definition) is 0. The number of morpholine rings is 2. The summed E-state index contributed by atoms with van der Waals surface area (Å²) in [4.78, 5) is 14.2. The molecule has 0 amide bonds. The molecule has 0 radical (unpaired) electrons. The molecule has 8 heteroatoms. The Labute approximate surface area is 182 Å². The van der Waals surface area contributed by atoms with Crippen molar-refractivity contribution in [3.05, 3.63) is 35.7 Å². The van der Waals surface area contributed by atoms with E-state index in [1.54, 1.807) is 0 Å². The second-order valence-electron chi connectivity index (χ2n) is 8.30. The summed E-state index contributed by atoms with van der Waals surface area (Å²) in [5.74, 6) is 0.787. The van der Waals surface area contributed by atoms with Crippen LogP contribution in [0.4, 0.5) is 5.95 Å². The van der Waals surface area contributed by atoms with Crippen molar-refractivity contribution < 1.29 is 9.47 Å². The van der Waals surface area contributed by atoms with E-state index >= 15 is 0 Å². The van der Waals surface area contributed by atoms with Crippen molar-refractivity contribution in [2.75, 3.05) is 64.1 Å². The quantitative estimate of drug-likeness (QED) is 0.623. The predicted octanol–water partition coefficient (Wildman–Crippen LogP) is 2.05. The van der Waals surface area contributed by atoms with Gasteiger partial charge in [-0.25, -0.2) is 9.97 Å². The normalized spacial score (nSPS) is 18.1. The van der Waals surface area contributed by atoms with Crippen LogP contribution in [0.3, 0.4) is 0 Å². The van der Waals surface area contributed by atoms with Crippen molar-refractivity contribution >= 4 is 16.9 Å². The van der Waals surface area contributed by atoms with Crippen LogP contribution in [0.25, 0.3) is 22.2 Å². The van der Waals surface area contributed by atoms with Crippen molar-refractivity contribution in [2.45, 2.75) is 13.3 Å². The van der Waals surface area contributed by atoms with Crippen LogP contribution < -0.4 is 4.90 Å². The highest BCUT2D eigenvalue weighted by Crippen LogP contribution is 2.27. The second kappa shape index (κ2) is 8.90. The first-order valence-electron chi connectivity index (χ1n) is 11.1. The predicted molar refractivity (Wildman–Crippen MR) is 120 cm³/mol. The lowest BCUT2D eigenvalue weighted by atomic mass is 10.1. The number of hydrogen-bond acceptors (Lipinski definition) is 7. The van der Waals surface area contributed by atoms with E-state index in [1.165, 1.54) is 5.39 Å². The van der Waals surface area contributed by atoms with Crippen molar-refractivity contribution in [1.82, 2.24) is 24.6 Å². The maximum atomic E-state index is 5.47. The van der Waals surface area contributed by atoms with Crippen molar-refractivity contribution in [3.8, 4) is 11.3 Å². The summed E-state index contributed by atoms with van der Waals surface area (Å²) in [5.41, 5.74) is 5.31. The Bertz CT molecular complexity index is 1050. The highest BCUT2D eigenvalue weighted by Gasteiger charge is 2.17. The molecule has 0 atom stereocenters. The molecule has 2 aliphatic rings. The molecule has 2 saturated heterocycles. The van der Waals surface area contributed by atoms with E-state index in [-0.39, 0.29) is 0 Å². The average Bonchev–Trinajstić information content (AvgIpc) is 3.13. The number of benzene rings is 1. The zero-order chi connectivity index (χ0) is 21.2. The molecule has 5 rings (SSSR count). The monoisotopic (exact) mass is 422 g/mol. The third kappa shape index (κ3) is 4.42. The average molecular weight is 423 g/mol. The maximum Gasteiger partial charge on any atom is 0.226 e. The fraction of sp³-hybridized carbons (Fsp3) is 0.522. The summed E-state index contributed by atoms with van der Waals surface area (Å²) in [6.07, 6.45) is 0.949. The van der Waals surface area contributed by atoms with Gasteiger partial charge in [0.2, 0.25) is 5.95 Å². The van der Waals surface area contributed by atoms with Crippen LogP contribution in [0, 0.1) is 6.92 Å². The number of fused-ring (bicyclic) bond motifs is 1. The molecule has 164 valence electrons. The van der Waals surface area contributed by atoms with Gasteiger partial charge in [0.15, 0.2) is 0 Å². The molecule has 3 aromatic rings. The Morgan fingerprint density at radius 2 is 1.68 bits per heavy atom. The zero-order valence-corrected chi connectivity index (χ0v) is 18.4. The number of ether oxygens (including phenoxy) is 2. The topological polar surface area (TPSA) is 68.5 Å². The minimum atomic E-state index is 0.723. The smallest absolute Gasteiger partial charge is 0.226 e. The fourth-order valence-electron chi connectivity index (χ4n) is 4.37. The number of aromatic nitrogens is 4. The molecule has 0 N–H and O–H groups in total. The highest BCUT2D eigenvalue weighted by molar-refractivity contribution is 5.86. The highest BCUT2D eigenvalue weighted by atomic mass is 16.5. The van der Waals surface area contributed by atoms with E-state index in [2.05, 4.69) is 39.0 Å². The Morgan fingerprint density at radius 1 is 0.935 bits per heavy atom. The van der Waals surface area contributed by atoms with E-state index in [1.807, 2.05) is 18.7 Å². The van der Waals surface area contributed by atoms with Gasteiger partial charge in [-0.05, 0) is 19.1 Å². The summed E-state index contributed by atoms with van der Waals surface area (Å²) < 4.78 is 12.9. The third-order valence-electron chi connectivity index (χ3n) is 6.13. The molecule has 2 aliphatic heterocycles. The van der Waals surface area contributed by atoms with Crippen LogP contribution in [-0.4, -0.2) is 83.8 Å². The fourth-order valence-corrected chi connectivity index (χ4v) is 4.37. The van der Waals surface area contributed by atoms with Gasteiger partial charge in [0.05, 0.1) is 43.3 Å². The number of aryl methyl sites for hydroxylation is 2. The van der Waals surface area contributed by atoms with Crippen molar-refractivity contribution in [1.29, 1.82) is 0 Å². The maximum absolute atomic E-state index is 5.47. The van der Waals surface area contributed by atoms with Gasteiger partial charge in [-0.2, -0.15) is 5.10 Å². The summed E-state index contributed by atoms with van der Waals surface area (Å²) in [6.45, 7) is 9.83. The Balaban J connectivity index is 1.41. The molecular formula is C23H30N6O2. The largest absolute Gasteiger partial charge is 0.379 e. The van der Waals surface area contributed by atoms with E-state index in [4.69, 9.17) is 19.6 Å². The van der Waals surface area contributed by atoms with Crippen LogP contribution in [0.15, 0.2) is 24.3 Å². The first-order valence-corrected chi connectivity index (χ1v) is 11.1. The minimum absolute atomic E-state index is 0.723. The van der Waals surface area contributed by atoms with E-state index < -0.39 is 0 Å². The van der Waals surface area contributed by atoms with Crippen LogP contribution >= 0.6 is 0 Å². The molecule has 31 heavy (non-hydrogen) atoms. The Morgan fingerprint density at radius 3 is 2.45 bits per heavy atom. The Hall–Kier alpha value is -2.55. The number of nitrogens with zero attached hydrogens (tertiary/aromatic N) is 6. The van der Waals surface area contributed by atoms with E-state index in [0.29, 0.717) is 0 Å². The molecule has 1 aromatic carbocycles. The summed E-state index contributed by atoms with van der Waals surface area (Å²) in [5, 5.41) is 6.04. The van der Waals surface area contributed by atoms with Gasteiger partial charge in [-0.1, -0.05) is 12.1 Å². The van der Waals surface area contributed by atoms with Gasteiger partial charge >= 0.3 is 0 Å². The summed E-state index contributed by atoms with van der Waals surface area (Å²) in [6, 6.07) is 8.61. The molecule has 2 fully saturated rings. The zero-order valence-electron chi connectivity index (χ0n) is 18.4. The molecule has 0 bridgehead atoms. The van der Waals surface area contributed by atoms with E-state index in [0.717, 1.165) is 99.7 Å². The molecule has 4 heterocycles. The van der Waals surface area contributed by atoms with Gasteiger partial charge in [0.25, 0.3) is 0 Å². The lowest BCUT2D eigenvalue weighted by molar-refractivity contribution is 0.0383. The van der Waals surface area contributed by atoms with Crippen LogP contribution in [-0.2, 0) is 22.9 Å². The second-order valence-corrected chi connectivity index (χ2v) is 8.30. The molecule has 0 saturated carbocycles. The lowest BCUT2D eigenvalue weighted by Crippen LogP contribution is -2.37. The van der Waals surface area contributed by atoms with Crippen LogP contribution in [0.1, 0.15) is 11.4 Å². The number of anilines is 1. The molecule has 0 aliphatic carbocycles. The first kappa shape index (κ1) is 20.4. The molecule has 0 unspecified atom stereocenters. The molecule has 0 spiro atoms. The molecule has 2 aromatic heterocycles. The van der Waals surface area contributed by atoms with E-state index in [9.17, 15) is 0 Å². The first-order chi connectivity index (χ1) is 15.2. The van der Waals surface area contributed by atoms with Crippen molar-refractivity contribution in [2.24, 2.45) is 7.05 Å². The molecular weight excluding hydrogens is 392 g/mol. The van der Waals surface area contributed by atoms with Crippen LogP contribution in [0.5, 0.6) is 0 Å². The number of rotatable bonds is 5. The minimum Gasteiger partial charge on any atom is -0.379 e. The summed E-state index contributed by atoms with van der Waals surface area (Å²) in [7, 11) is 2.02. The molecule has 8 nitrogen and oxygen atoms in total. The van der Waals surface area contributed by atoms with Crippen molar-refractivity contribution in [3.63, 3.8) is 0 Å².